The van der Waals surface area contributed by atoms with Gasteiger partial charge in [0.1, 0.15) is 5.75 Å². The van der Waals surface area contributed by atoms with Crippen LogP contribution >= 0.6 is 15.9 Å². The largest absolute Gasteiger partial charge is 0.497 e. The maximum Gasteiger partial charge on any atom is 0.220 e. The third-order valence-electron chi connectivity index (χ3n) is 6.60. The number of carbonyl (C=O) groups excluding carboxylic acids is 1. The van der Waals surface area contributed by atoms with Crippen LogP contribution in [0.15, 0.2) is 77.3 Å². The van der Waals surface area contributed by atoms with Crippen molar-refractivity contribution in [2.75, 3.05) is 44.7 Å². The van der Waals surface area contributed by atoms with Gasteiger partial charge in [0.15, 0.2) is 0 Å². The van der Waals surface area contributed by atoms with Crippen LogP contribution in [0.4, 0.5) is 5.69 Å². The van der Waals surface area contributed by atoms with Crippen molar-refractivity contribution in [2.45, 2.75) is 25.8 Å². The number of nitrogens with zero attached hydrogens (tertiary/aromatic N) is 2. The normalized spacial score (nSPS) is 14.1. The van der Waals surface area contributed by atoms with Crippen LogP contribution in [0.25, 0.3) is 11.1 Å². The summed E-state index contributed by atoms with van der Waals surface area (Å²) in [5, 5.41) is 3.12. The minimum Gasteiger partial charge on any atom is -0.497 e. The number of piperazine rings is 1. The Labute approximate surface area is 217 Å². The van der Waals surface area contributed by atoms with Crippen molar-refractivity contribution in [1.82, 2.24) is 10.2 Å². The molecule has 5 nitrogen and oxygen atoms in total. The summed E-state index contributed by atoms with van der Waals surface area (Å²) in [7, 11) is 1.70. The van der Waals surface area contributed by atoms with Crippen LogP contribution in [-0.4, -0.2) is 50.6 Å². The van der Waals surface area contributed by atoms with Crippen molar-refractivity contribution in [3.8, 4) is 16.9 Å². The van der Waals surface area contributed by atoms with Gasteiger partial charge in [-0.25, -0.2) is 0 Å². The molecule has 1 amide bonds. The minimum atomic E-state index is 0.122. The maximum absolute atomic E-state index is 12.5. The van der Waals surface area contributed by atoms with Crippen molar-refractivity contribution < 1.29 is 9.53 Å². The lowest BCUT2D eigenvalue weighted by molar-refractivity contribution is -0.121. The van der Waals surface area contributed by atoms with E-state index in [-0.39, 0.29) is 5.91 Å². The quantitative estimate of drug-likeness (QED) is 0.336. The molecule has 0 atom stereocenters. The second-order valence-corrected chi connectivity index (χ2v) is 9.75. The summed E-state index contributed by atoms with van der Waals surface area (Å²) < 4.78 is 6.31. The fourth-order valence-corrected chi connectivity index (χ4v) is 5.04. The molecule has 184 valence electrons. The van der Waals surface area contributed by atoms with Crippen molar-refractivity contribution in [3.05, 3.63) is 82.8 Å². The van der Waals surface area contributed by atoms with E-state index >= 15 is 0 Å². The van der Waals surface area contributed by atoms with Gasteiger partial charge in [0.25, 0.3) is 0 Å². The van der Waals surface area contributed by atoms with E-state index in [9.17, 15) is 4.79 Å². The molecule has 1 aliphatic heterocycles. The number of methoxy groups -OCH3 is 1. The van der Waals surface area contributed by atoms with Crippen LogP contribution in [0.2, 0.25) is 0 Å². The molecule has 1 N–H and O–H groups in total. The van der Waals surface area contributed by atoms with Crippen LogP contribution in [0.1, 0.15) is 24.8 Å². The molecule has 6 heteroatoms. The van der Waals surface area contributed by atoms with E-state index in [2.05, 4.69) is 61.4 Å². The molecule has 1 saturated heterocycles. The molecule has 0 aliphatic carbocycles. The van der Waals surface area contributed by atoms with Crippen molar-refractivity contribution in [1.29, 1.82) is 0 Å². The second kappa shape index (κ2) is 12.8. The predicted octanol–water partition coefficient (Wildman–Crippen LogP) is 5.73. The van der Waals surface area contributed by atoms with Crippen LogP contribution in [-0.2, 0) is 11.3 Å². The summed E-state index contributed by atoms with van der Waals surface area (Å²) in [4.78, 5) is 17.4. The van der Waals surface area contributed by atoms with Crippen molar-refractivity contribution >= 4 is 27.5 Å². The average Bonchev–Trinajstić information content (AvgIpc) is 2.91. The first kappa shape index (κ1) is 25.3. The monoisotopic (exact) mass is 535 g/mol. The molecule has 3 aromatic carbocycles. The molecule has 0 saturated carbocycles. The Morgan fingerprint density at radius 3 is 2.29 bits per heavy atom. The number of halogens is 1. The van der Waals surface area contributed by atoms with Gasteiger partial charge in [-0.2, -0.15) is 0 Å². The lowest BCUT2D eigenvalue weighted by atomic mass is 9.99. The molecule has 0 aromatic heterocycles. The SMILES string of the molecule is COc1ccc(N2CCN(CCCCC(=O)NCc3ccccc3-c3ccccc3Br)CC2)cc1. The summed E-state index contributed by atoms with van der Waals surface area (Å²) in [6.07, 6.45) is 2.53. The summed E-state index contributed by atoms with van der Waals surface area (Å²) in [5.74, 6) is 1.01. The first-order valence-corrected chi connectivity index (χ1v) is 13.1. The van der Waals surface area contributed by atoms with Crippen LogP contribution < -0.4 is 15.0 Å². The van der Waals surface area contributed by atoms with E-state index in [1.807, 2.05) is 42.5 Å². The zero-order valence-electron chi connectivity index (χ0n) is 20.4. The molecule has 0 unspecified atom stereocenters. The minimum absolute atomic E-state index is 0.122. The Bertz CT molecular complexity index is 1100. The zero-order valence-corrected chi connectivity index (χ0v) is 22.0. The Hall–Kier alpha value is -2.83. The molecule has 0 spiro atoms. The summed E-state index contributed by atoms with van der Waals surface area (Å²) in [5.41, 5.74) is 4.67. The van der Waals surface area contributed by atoms with E-state index in [0.29, 0.717) is 13.0 Å². The average molecular weight is 537 g/mol. The molecular weight excluding hydrogens is 502 g/mol. The first-order chi connectivity index (χ1) is 17.1. The highest BCUT2D eigenvalue weighted by Crippen LogP contribution is 2.30. The number of rotatable bonds is 10. The van der Waals surface area contributed by atoms with E-state index in [0.717, 1.165) is 72.5 Å². The first-order valence-electron chi connectivity index (χ1n) is 12.3. The topological polar surface area (TPSA) is 44.8 Å². The molecular formula is C29H34BrN3O2. The second-order valence-electron chi connectivity index (χ2n) is 8.90. The fourth-order valence-electron chi connectivity index (χ4n) is 4.54. The molecule has 0 bridgehead atoms. The van der Waals surface area contributed by atoms with E-state index < -0.39 is 0 Å². The molecule has 1 aliphatic rings. The number of unbranched alkanes of at least 4 members (excludes halogenated alkanes) is 1. The van der Waals surface area contributed by atoms with Crippen molar-refractivity contribution in [3.63, 3.8) is 0 Å². The maximum atomic E-state index is 12.5. The standard InChI is InChI=1S/C29H34BrN3O2/c1-35-25-15-13-24(14-16-25)33-20-18-32(19-21-33)17-7-6-12-29(34)31-22-23-8-2-3-9-26(23)27-10-4-5-11-28(27)30/h2-5,8-11,13-16H,6-7,12,17-22H2,1H3,(H,31,34). The Kier molecular flexibility index (Phi) is 9.21. The molecule has 4 rings (SSSR count). The van der Waals surface area contributed by atoms with Crippen LogP contribution in [0.5, 0.6) is 5.75 Å². The van der Waals surface area contributed by atoms with Crippen LogP contribution in [0.3, 0.4) is 0 Å². The van der Waals surface area contributed by atoms with Gasteiger partial charge in [0, 0.05) is 49.3 Å². The molecule has 3 aromatic rings. The number of hydrogen-bond acceptors (Lipinski definition) is 4. The van der Waals surface area contributed by atoms with Gasteiger partial charge in [0.05, 0.1) is 7.11 Å². The highest BCUT2D eigenvalue weighted by Gasteiger charge is 2.17. The fraction of sp³-hybridized carbons (Fsp3) is 0.345. The van der Waals surface area contributed by atoms with Gasteiger partial charge in [0.2, 0.25) is 5.91 Å². The molecule has 1 fully saturated rings. The van der Waals surface area contributed by atoms with E-state index in [1.54, 1.807) is 7.11 Å². The van der Waals surface area contributed by atoms with E-state index in [1.165, 1.54) is 5.69 Å². The van der Waals surface area contributed by atoms with Crippen LogP contribution in [0, 0.1) is 0 Å². The van der Waals surface area contributed by atoms with Gasteiger partial charge in [-0.05, 0) is 66.4 Å². The Balaban J connectivity index is 1.15. The third-order valence-corrected chi connectivity index (χ3v) is 7.29. The third kappa shape index (κ3) is 7.09. The number of carbonyl (C=O) groups is 1. The molecule has 0 radical (unpaired) electrons. The molecule has 35 heavy (non-hydrogen) atoms. The number of hydrogen-bond donors (Lipinski definition) is 1. The van der Waals surface area contributed by atoms with Crippen molar-refractivity contribution in [2.24, 2.45) is 0 Å². The number of ether oxygens (including phenoxy) is 1. The lowest BCUT2D eigenvalue weighted by Crippen LogP contribution is -2.46. The summed E-state index contributed by atoms with van der Waals surface area (Å²) in [6.45, 7) is 5.78. The van der Waals surface area contributed by atoms with Gasteiger partial charge >= 0.3 is 0 Å². The lowest BCUT2D eigenvalue weighted by Gasteiger charge is -2.36. The number of amides is 1. The number of benzene rings is 3. The van der Waals surface area contributed by atoms with Gasteiger partial charge in [-0.1, -0.05) is 58.4 Å². The van der Waals surface area contributed by atoms with E-state index in [4.69, 9.17) is 4.74 Å². The smallest absolute Gasteiger partial charge is 0.220 e. The van der Waals surface area contributed by atoms with Gasteiger partial charge < -0.3 is 15.0 Å². The summed E-state index contributed by atoms with van der Waals surface area (Å²) >= 11 is 3.64. The highest BCUT2D eigenvalue weighted by molar-refractivity contribution is 9.10. The number of anilines is 1. The number of nitrogens with one attached hydrogen (secondary N) is 1. The van der Waals surface area contributed by atoms with Gasteiger partial charge in [-0.15, -0.1) is 0 Å². The summed E-state index contributed by atoms with van der Waals surface area (Å²) in [6, 6.07) is 24.7. The predicted molar refractivity (Wildman–Crippen MR) is 147 cm³/mol. The zero-order chi connectivity index (χ0) is 24.5. The Morgan fingerprint density at radius 1 is 0.886 bits per heavy atom. The highest BCUT2D eigenvalue weighted by atomic mass is 79.9. The Morgan fingerprint density at radius 2 is 1.57 bits per heavy atom. The molecule has 1 heterocycles. The van der Waals surface area contributed by atoms with Gasteiger partial charge in [-0.3, -0.25) is 9.69 Å².